The van der Waals surface area contributed by atoms with Gasteiger partial charge in [-0.1, -0.05) is 64.7 Å². The smallest absolute Gasteiger partial charge is 0.336 e. The van der Waals surface area contributed by atoms with Crippen molar-refractivity contribution >= 4 is 30.8 Å². The first kappa shape index (κ1) is 24.7. The SMILES string of the molecule is CCCCCCCCCCCCOC(=O)CC(O)(CC(=O)OS)C(=O)O. The number of hydrogen-bond donors (Lipinski definition) is 3. The van der Waals surface area contributed by atoms with Gasteiger partial charge in [-0.25, -0.2) is 4.79 Å². The van der Waals surface area contributed by atoms with Crippen LogP contribution in [0.4, 0.5) is 0 Å². The lowest BCUT2D eigenvalue weighted by atomic mass is 9.96. The van der Waals surface area contributed by atoms with Gasteiger partial charge < -0.3 is 19.1 Å². The first-order chi connectivity index (χ1) is 12.4. The minimum Gasteiger partial charge on any atom is -0.479 e. The number of ether oxygens (including phenoxy) is 1. The van der Waals surface area contributed by atoms with E-state index in [0.29, 0.717) is 6.42 Å². The molecule has 1 unspecified atom stereocenters. The van der Waals surface area contributed by atoms with E-state index in [1.165, 1.54) is 38.5 Å². The van der Waals surface area contributed by atoms with E-state index in [2.05, 4.69) is 24.0 Å². The van der Waals surface area contributed by atoms with Gasteiger partial charge in [-0.15, -0.1) is 0 Å². The fourth-order valence-corrected chi connectivity index (χ4v) is 2.61. The Kier molecular flexibility index (Phi) is 14.1. The average Bonchev–Trinajstić information content (AvgIpc) is 2.59. The number of carbonyl (C=O) groups excluding carboxylic acids is 2. The lowest BCUT2D eigenvalue weighted by Crippen LogP contribution is -2.43. The number of carboxylic acid groups (broad SMARTS) is 1. The van der Waals surface area contributed by atoms with Gasteiger partial charge in [0.1, 0.15) is 0 Å². The molecule has 0 aliphatic carbocycles. The van der Waals surface area contributed by atoms with Crippen molar-refractivity contribution < 1.29 is 33.5 Å². The summed E-state index contributed by atoms with van der Waals surface area (Å²) in [4.78, 5) is 33.9. The van der Waals surface area contributed by atoms with Gasteiger partial charge in [0.25, 0.3) is 0 Å². The minimum absolute atomic E-state index is 0.169. The van der Waals surface area contributed by atoms with Crippen LogP contribution in [0.2, 0.25) is 0 Å². The van der Waals surface area contributed by atoms with Crippen LogP contribution >= 0.6 is 12.9 Å². The zero-order chi connectivity index (χ0) is 19.8. The second kappa shape index (κ2) is 14.8. The van der Waals surface area contributed by atoms with E-state index in [9.17, 15) is 19.5 Å². The molecule has 0 aromatic rings. The van der Waals surface area contributed by atoms with Crippen molar-refractivity contribution in [2.75, 3.05) is 6.61 Å². The second-order valence-corrected chi connectivity index (χ2v) is 6.74. The van der Waals surface area contributed by atoms with Gasteiger partial charge in [-0.3, -0.25) is 9.59 Å². The van der Waals surface area contributed by atoms with E-state index in [0.717, 1.165) is 19.3 Å². The molecule has 0 aliphatic heterocycles. The van der Waals surface area contributed by atoms with Gasteiger partial charge in [0.2, 0.25) is 0 Å². The van der Waals surface area contributed by atoms with Crippen LogP contribution in [-0.2, 0) is 23.3 Å². The molecule has 0 rings (SSSR count). The molecule has 0 saturated heterocycles. The number of aliphatic hydroxyl groups is 1. The molecule has 0 spiro atoms. The lowest BCUT2D eigenvalue weighted by molar-refractivity contribution is -0.171. The van der Waals surface area contributed by atoms with Crippen molar-refractivity contribution in [3.05, 3.63) is 0 Å². The van der Waals surface area contributed by atoms with Gasteiger partial charge in [0.15, 0.2) is 5.60 Å². The third kappa shape index (κ3) is 12.1. The highest BCUT2D eigenvalue weighted by Crippen LogP contribution is 2.18. The molecular formula is C18H32O7S. The Morgan fingerprint density at radius 1 is 0.846 bits per heavy atom. The van der Waals surface area contributed by atoms with Crippen LogP contribution in [0.15, 0.2) is 0 Å². The molecule has 0 aliphatic rings. The van der Waals surface area contributed by atoms with Crippen molar-refractivity contribution in [3.8, 4) is 0 Å². The minimum atomic E-state index is -2.55. The van der Waals surface area contributed by atoms with Crippen LogP contribution in [0.5, 0.6) is 0 Å². The van der Waals surface area contributed by atoms with Crippen molar-refractivity contribution in [1.82, 2.24) is 0 Å². The van der Waals surface area contributed by atoms with Crippen LogP contribution in [0.1, 0.15) is 84.0 Å². The molecule has 0 radical (unpaired) electrons. The summed E-state index contributed by atoms with van der Waals surface area (Å²) in [5.74, 6) is -3.59. The van der Waals surface area contributed by atoms with Crippen LogP contribution < -0.4 is 0 Å². The van der Waals surface area contributed by atoms with Crippen LogP contribution in [0.3, 0.4) is 0 Å². The summed E-state index contributed by atoms with van der Waals surface area (Å²) in [7, 11) is 0. The zero-order valence-corrected chi connectivity index (χ0v) is 16.5. The highest BCUT2D eigenvalue weighted by molar-refractivity contribution is 7.75. The molecular weight excluding hydrogens is 360 g/mol. The van der Waals surface area contributed by atoms with Crippen LogP contribution in [0.25, 0.3) is 0 Å². The number of hydrogen-bond acceptors (Lipinski definition) is 7. The Morgan fingerprint density at radius 2 is 1.31 bits per heavy atom. The number of esters is 1. The first-order valence-corrected chi connectivity index (χ1v) is 9.68. The molecule has 0 saturated carbocycles. The molecule has 8 heteroatoms. The van der Waals surface area contributed by atoms with Gasteiger partial charge in [-0.2, -0.15) is 0 Å². The number of thiol groups is 1. The molecule has 0 fully saturated rings. The monoisotopic (exact) mass is 392 g/mol. The van der Waals surface area contributed by atoms with Gasteiger partial charge >= 0.3 is 17.9 Å². The highest BCUT2D eigenvalue weighted by Gasteiger charge is 2.41. The van der Waals surface area contributed by atoms with Crippen molar-refractivity contribution in [2.45, 2.75) is 89.6 Å². The Bertz CT molecular complexity index is 428. The second-order valence-electron chi connectivity index (χ2n) is 6.56. The van der Waals surface area contributed by atoms with E-state index >= 15 is 0 Å². The maximum Gasteiger partial charge on any atom is 0.336 e. The van der Waals surface area contributed by atoms with E-state index in [1.54, 1.807) is 0 Å². The number of unbranched alkanes of at least 4 members (excludes halogenated alkanes) is 9. The maximum atomic E-state index is 11.7. The fraction of sp³-hybridized carbons (Fsp3) is 0.833. The number of carboxylic acids is 1. The van der Waals surface area contributed by atoms with Gasteiger partial charge in [-0.05, 0) is 6.42 Å². The summed E-state index contributed by atoms with van der Waals surface area (Å²) in [6, 6.07) is 0. The highest BCUT2D eigenvalue weighted by atomic mass is 32.1. The van der Waals surface area contributed by atoms with E-state index in [4.69, 9.17) is 9.84 Å². The third-order valence-electron chi connectivity index (χ3n) is 4.13. The summed E-state index contributed by atoms with van der Waals surface area (Å²) in [6.07, 6.45) is 9.78. The number of rotatable bonds is 16. The van der Waals surface area contributed by atoms with Gasteiger partial charge in [0.05, 0.1) is 19.4 Å². The normalized spacial score (nSPS) is 13.0. The average molecular weight is 393 g/mol. The predicted octanol–water partition coefficient (Wildman–Crippen LogP) is 3.43. The summed E-state index contributed by atoms with van der Waals surface area (Å²) < 4.78 is 8.97. The van der Waals surface area contributed by atoms with E-state index in [1.807, 2.05) is 0 Å². The van der Waals surface area contributed by atoms with E-state index < -0.39 is 36.4 Å². The first-order valence-electron chi connectivity index (χ1n) is 9.31. The Labute approximate surface area is 161 Å². The number of aliphatic carboxylic acids is 1. The summed E-state index contributed by atoms with van der Waals surface area (Å²) in [6.45, 7) is 2.37. The van der Waals surface area contributed by atoms with Crippen molar-refractivity contribution in [2.24, 2.45) is 0 Å². The quantitative estimate of drug-likeness (QED) is 0.160. The molecule has 26 heavy (non-hydrogen) atoms. The molecule has 0 aromatic carbocycles. The predicted molar refractivity (Wildman–Crippen MR) is 99.7 cm³/mol. The Morgan fingerprint density at radius 3 is 1.77 bits per heavy atom. The third-order valence-corrected chi connectivity index (χ3v) is 4.34. The summed E-state index contributed by atoms with van der Waals surface area (Å²) in [5.41, 5.74) is -2.55. The molecule has 0 bridgehead atoms. The van der Waals surface area contributed by atoms with Crippen LogP contribution in [0, 0.1) is 0 Å². The molecule has 0 heterocycles. The molecule has 2 N–H and O–H groups in total. The zero-order valence-electron chi connectivity index (χ0n) is 15.6. The fourth-order valence-electron chi connectivity index (χ4n) is 2.55. The lowest BCUT2D eigenvalue weighted by Gasteiger charge is -2.20. The summed E-state index contributed by atoms with van der Waals surface area (Å²) in [5, 5.41) is 18.9. The Balaban J connectivity index is 3.81. The van der Waals surface area contributed by atoms with Crippen molar-refractivity contribution in [1.29, 1.82) is 0 Å². The number of carbonyl (C=O) groups is 3. The largest absolute Gasteiger partial charge is 0.479 e. The molecule has 1 atom stereocenters. The van der Waals surface area contributed by atoms with Crippen LogP contribution in [-0.4, -0.2) is 40.3 Å². The molecule has 0 aromatic heterocycles. The van der Waals surface area contributed by atoms with Crippen molar-refractivity contribution in [3.63, 3.8) is 0 Å². The van der Waals surface area contributed by atoms with E-state index in [-0.39, 0.29) is 6.61 Å². The topological polar surface area (TPSA) is 110 Å². The molecule has 152 valence electrons. The molecule has 7 nitrogen and oxygen atoms in total. The standard InChI is InChI=1S/C18H32O7S/c1-2-3-4-5-6-7-8-9-10-11-12-24-15(19)13-18(23,17(21)22)14-16(20)25-26/h23,26H,2-14H2,1H3,(H,21,22). The van der Waals surface area contributed by atoms with Gasteiger partial charge in [0, 0.05) is 12.9 Å². The summed E-state index contributed by atoms with van der Waals surface area (Å²) >= 11 is 3.24. The Hall–Kier alpha value is -1.28. The molecule has 0 amide bonds. The maximum absolute atomic E-state index is 11.7.